The van der Waals surface area contributed by atoms with Crippen molar-refractivity contribution in [3.8, 4) is 0 Å². The van der Waals surface area contributed by atoms with E-state index >= 15 is 0 Å². The highest BCUT2D eigenvalue weighted by Gasteiger charge is 2.40. The van der Waals surface area contributed by atoms with Crippen molar-refractivity contribution in [1.29, 1.82) is 0 Å². The Bertz CT molecular complexity index is 905. The number of H-pyrrole nitrogens is 1. The fourth-order valence-electron chi connectivity index (χ4n) is 4.55. The van der Waals surface area contributed by atoms with Crippen molar-refractivity contribution in [2.45, 2.75) is 32.4 Å². The SMILES string of the molecule is CC(=O)N1CCC2=C(C1)C(c1cn[nH]c1C)NC1=C2C2C=NNC2C=C1. The number of carbonyl (C=O) groups excluding carboxylic acids is 1. The third-order valence-electron chi connectivity index (χ3n) is 5.92. The highest BCUT2D eigenvalue weighted by Crippen LogP contribution is 2.44. The molecule has 5 rings (SSSR count). The molecule has 0 saturated heterocycles. The molecule has 4 heterocycles. The summed E-state index contributed by atoms with van der Waals surface area (Å²) in [5, 5.41) is 15.3. The van der Waals surface area contributed by atoms with Gasteiger partial charge in [0.25, 0.3) is 0 Å². The Hall–Kier alpha value is -2.83. The number of hydrogen-bond donors (Lipinski definition) is 3. The maximum absolute atomic E-state index is 12.0. The maximum atomic E-state index is 12.0. The predicted octanol–water partition coefficient (Wildman–Crippen LogP) is 1.31. The van der Waals surface area contributed by atoms with Gasteiger partial charge in [-0.1, -0.05) is 6.08 Å². The van der Waals surface area contributed by atoms with E-state index in [9.17, 15) is 4.79 Å². The monoisotopic (exact) mass is 350 g/mol. The number of allylic oxidation sites excluding steroid dienone is 1. The van der Waals surface area contributed by atoms with E-state index in [0.717, 1.165) is 24.2 Å². The van der Waals surface area contributed by atoms with Crippen LogP contribution in [0.2, 0.25) is 0 Å². The van der Waals surface area contributed by atoms with Gasteiger partial charge in [0.2, 0.25) is 5.91 Å². The zero-order valence-electron chi connectivity index (χ0n) is 14.9. The van der Waals surface area contributed by atoms with Crippen molar-refractivity contribution in [2.24, 2.45) is 11.0 Å². The molecule has 3 unspecified atom stereocenters. The zero-order valence-corrected chi connectivity index (χ0v) is 14.9. The lowest BCUT2D eigenvalue weighted by molar-refractivity contribution is -0.128. The van der Waals surface area contributed by atoms with E-state index in [2.05, 4.69) is 38.2 Å². The van der Waals surface area contributed by atoms with Crippen LogP contribution < -0.4 is 10.7 Å². The first-order chi connectivity index (χ1) is 12.6. The van der Waals surface area contributed by atoms with Crippen LogP contribution in [0.25, 0.3) is 0 Å². The third kappa shape index (κ3) is 2.16. The number of carbonyl (C=O) groups is 1. The molecule has 1 aromatic heterocycles. The summed E-state index contributed by atoms with van der Waals surface area (Å²) in [5.74, 6) is 0.382. The van der Waals surface area contributed by atoms with Crippen LogP contribution in [-0.4, -0.2) is 46.4 Å². The number of aryl methyl sites for hydroxylation is 1. The van der Waals surface area contributed by atoms with E-state index in [-0.39, 0.29) is 23.9 Å². The van der Waals surface area contributed by atoms with Crippen LogP contribution in [0.4, 0.5) is 0 Å². The minimum atomic E-state index is 0.0390. The fraction of sp³-hybridized carbons (Fsp3) is 0.421. The molecule has 1 aliphatic carbocycles. The quantitative estimate of drug-likeness (QED) is 0.713. The Morgan fingerprint density at radius 2 is 2.27 bits per heavy atom. The number of nitrogens with zero attached hydrogens (tertiary/aromatic N) is 3. The van der Waals surface area contributed by atoms with Crippen LogP contribution in [-0.2, 0) is 4.79 Å². The average molecular weight is 350 g/mol. The minimum absolute atomic E-state index is 0.0390. The second kappa shape index (κ2) is 5.59. The summed E-state index contributed by atoms with van der Waals surface area (Å²) in [6.07, 6.45) is 9.13. The van der Waals surface area contributed by atoms with Crippen molar-refractivity contribution in [1.82, 2.24) is 25.8 Å². The lowest BCUT2D eigenvalue weighted by Gasteiger charge is -2.42. The summed E-state index contributed by atoms with van der Waals surface area (Å²) in [6, 6.07) is 0.263. The van der Waals surface area contributed by atoms with E-state index in [1.54, 1.807) is 6.92 Å². The van der Waals surface area contributed by atoms with Gasteiger partial charge in [0.05, 0.1) is 18.3 Å². The lowest BCUT2D eigenvalue weighted by atomic mass is 9.74. The molecule has 26 heavy (non-hydrogen) atoms. The first-order valence-electron chi connectivity index (χ1n) is 9.08. The van der Waals surface area contributed by atoms with Gasteiger partial charge in [-0.15, -0.1) is 0 Å². The molecule has 0 bridgehead atoms. The fourth-order valence-corrected chi connectivity index (χ4v) is 4.55. The summed E-state index contributed by atoms with van der Waals surface area (Å²) >= 11 is 0. The first kappa shape index (κ1) is 15.4. The molecule has 0 aromatic carbocycles. The molecule has 3 aliphatic heterocycles. The van der Waals surface area contributed by atoms with Gasteiger partial charge in [-0.3, -0.25) is 9.89 Å². The largest absolute Gasteiger partial charge is 0.374 e. The van der Waals surface area contributed by atoms with E-state index in [0.29, 0.717) is 6.54 Å². The van der Waals surface area contributed by atoms with E-state index in [4.69, 9.17) is 0 Å². The van der Waals surface area contributed by atoms with Crippen molar-refractivity contribution in [2.75, 3.05) is 13.1 Å². The van der Waals surface area contributed by atoms with Gasteiger partial charge in [0, 0.05) is 49.1 Å². The van der Waals surface area contributed by atoms with Crippen LogP contribution in [0.1, 0.15) is 30.6 Å². The normalized spacial score (nSPS) is 29.2. The number of amides is 1. The highest BCUT2D eigenvalue weighted by atomic mass is 16.2. The second-order valence-corrected chi connectivity index (χ2v) is 7.37. The van der Waals surface area contributed by atoms with Gasteiger partial charge in [-0.25, -0.2) is 0 Å². The second-order valence-electron chi connectivity index (χ2n) is 7.37. The number of aromatic nitrogens is 2. The number of aromatic amines is 1. The zero-order chi connectivity index (χ0) is 17.8. The molecule has 134 valence electrons. The maximum Gasteiger partial charge on any atom is 0.219 e. The number of nitrogens with one attached hydrogen (secondary N) is 3. The van der Waals surface area contributed by atoms with Crippen molar-refractivity contribution in [3.05, 3.63) is 52.0 Å². The Morgan fingerprint density at radius 3 is 3.04 bits per heavy atom. The third-order valence-corrected chi connectivity index (χ3v) is 5.92. The van der Waals surface area contributed by atoms with Crippen LogP contribution in [0.3, 0.4) is 0 Å². The van der Waals surface area contributed by atoms with E-state index < -0.39 is 0 Å². The summed E-state index contributed by atoms with van der Waals surface area (Å²) in [5.41, 5.74) is 10.5. The summed E-state index contributed by atoms with van der Waals surface area (Å²) < 4.78 is 0. The van der Waals surface area contributed by atoms with Crippen LogP contribution in [0.5, 0.6) is 0 Å². The topological polar surface area (TPSA) is 85.4 Å². The van der Waals surface area contributed by atoms with E-state index in [1.807, 2.05) is 24.2 Å². The molecule has 3 atom stereocenters. The first-order valence-corrected chi connectivity index (χ1v) is 9.08. The molecule has 7 heteroatoms. The molecule has 7 nitrogen and oxygen atoms in total. The molecule has 1 amide bonds. The summed E-state index contributed by atoms with van der Waals surface area (Å²) in [4.78, 5) is 13.9. The summed E-state index contributed by atoms with van der Waals surface area (Å²) in [6.45, 7) is 5.13. The van der Waals surface area contributed by atoms with Crippen molar-refractivity contribution >= 4 is 12.1 Å². The molecule has 1 aromatic rings. The van der Waals surface area contributed by atoms with Crippen molar-refractivity contribution in [3.63, 3.8) is 0 Å². The molecular weight excluding hydrogens is 328 g/mol. The highest BCUT2D eigenvalue weighted by molar-refractivity contribution is 5.77. The van der Waals surface area contributed by atoms with Crippen LogP contribution in [0.15, 0.2) is 45.9 Å². The molecule has 4 aliphatic rings. The van der Waals surface area contributed by atoms with E-state index in [1.165, 1.54) is 22.4 Å². The Kier molecular flexibility index (Phi) is 3.32. The molecule has 3 N–H and O–H groups in total. The Labute approximate surface area is 151 Å². The minimum Gasteiger partial charge on any atom is -0.374 e. The smallest absolute Gasteiger partial charge is 0.219 e. The number of fused-ring (bicyclic) bond motifs is 3. The number of hydrogen-bond acceptors (Lipinski definition) is 5. The Balaban J connectivity index is 1.64. The molecular formula is C19H22N6O. The van der Waals surface area contributed by atoms with Gasteiger partial charge in [-0.05, 0) is 36.1 Å². The number of dihydropyridines is 1. The summed E-state index contributed by atoms with van der Waals surface area (Å²) in [7, 11) is 0. The van der Waals surface area contributed by atoms with Gasteiger partial charge >= 0.3 is 0 Å². The van der Waals surface area contributed by atoms with Gasteiger partial charge in [-0.2, -0.15) is 10.2 Å². The molecule has 0 radical (unpaired) electrons. The Morgan fingerprint density at radius 1 is 1.38 bits per heavy atom. The molecule has 0 spiro atoms. The van der Waals surface area contributed by atoms with Gasteiger partial charge < -0.3 is 15.6 Å². The molecule has 0 saturated carbocycles. The number of rotatable bonds is 1. The van der Waals surface area contributed by atoms with Crippen LogP contribution in [0, 0.1) is 12.8 Å². The standard InChI is InChI=1S/C19H22N6O/c1-10-13(7-20-23-10)19-15-9-25(11(2)26)6-5-12(15)18-14-8-21-24-16(14)3-4-17(18)22-19/h3-4,7-8,14,16,19,22,24H,5-6,9H2,1-2H3,(H,20,23). The van der Waals surface area contributed by atoms with Gasteiger partial charge in [0.15, 0.2) is 0 Å². The lowest BCUT2D eigenvalue weighted by Crippen LogP contribution is -2.44. The predicted molar refractivity (Wildman–Crippen MR) is 98.2 cm³/mol. The number of hydrazone groups is 1. The molecule has 0 fully saturated rings. The average Bonchev–Trinajstić information content (AvgIpc) is 3.28. The van der Waals surface area contributed by atoms with Gasteiger partial charge in [0.1, 0.15) is 0 Å². The van der Waals surface area contributed by atoms with Crippen LogP contribution >= 0.6 is 0 Å². The van der Waals surface area contributed by atoms with Crippen molar-refractivity contribution < 1.29 is 4.79 Å².